The Balaban J connectivity index is 2.18. The molecule has 0 saturated heterocycles. The summed E-state index contributed by atoms with van der Waals surface area (Å²) >= 11 is 2.09. The summed E-state index contributed by atoms with van der Waals surface area (Å²) < 4.78 is 10.2. The Labute approximate surface area is 98.7 Å². The summed E-state index contributed by atoms with van der Waals surface area (Å²) in [7, 11) is 0. The maximum absolute atomic E-state index is 11.2. The minimum Gasteiger partial charge on any atom is -0.431 e. The summed E-state index contributed by atoms with van der Waals surface area (Å²) in [6.45, 7) is 1.98. The van der Waals surface area contributed by atoms with Gasteiger partial charge in [-0.2, -0.15) is 0 Å². The molecule has 1 fully saturated rings. The van der Waals surface area contributed by atoms with Gasteiger partial charge in [0.05, 0.1) is 0 Å². The lowest BCUT2D eigenvalue weighted by molar-refractivity contribution is 0.00813. The first-order chi connectivity index (χ1) is 6.72. The molecule has 1 rings (SSSR count). The molecule has 1 unspecified atom stereocenters. The highest BCUT2D eigenvalue weighted by Crippen LogP contribution is 2.21. The predicted molar refractivity (Wildman–Crippen MR) is 62.5 cm³/mol. The number of alkyl halides is 1. The standard InChI is InChI=1S/C10H17IO3/c1-2-9(11)14-10(12)13-8-6-4-3-5-7-8/h8-9H,2-7H2,1H3. The molecule has 0 spiro atoms. The highest BCUT2D eigenvalue weighted by atomic mass is 127. The van der Waals surface area contributed by atoms with Gasteiger partial charge in [-0.15, -0.1) is 0 Å². The van der Waals surface area contributed by atoms with Crippen molar-refractivity contribution in [2.24, 2.45) is 0 Å². The van der Waals surface area contributed by atoms with Crippen molar-refractivity contribution >= 4 is 28.7 Å². The number of hydrogen-bond donors (Lipinski definition) is 0. The number of halogens is 1. The molecule has 4 heteroatoms. The van der Waals surface area contributed by atoms with E-state index in [0.29, 0.717) is 0 Å². The third-order valence-electron chi connectivity index (χ3n) is 2.36. The van der Waals surface area contributed by atoms with Gasteiger partial charge >= 0.3 is 6.16 Å². The Morgan fingerprint density at radius 3 is 2.64 bits per heavy atom. The van der Waals surface area contributed by atoms with E-state index >= 15 is 0 Å². The van der Waals surface area contributed by atoms with Gasteiger partial charge in [-0.05, 0) is 54.7 Å². The molecular formula is C10H17IO3. The molecule has 1 aliphatic carbocycles. The van der Waals surface area contributed by atoms with E-state index in [0.717, 1.165) is 19.3 Å². The molecule has 0 radical (unpaired) electrons. The van der Waals surface area contributed by atoms with Crippen LogP contribution in [-0.4, -0.2) is 16.4 Å². The quantitative estimate of drug-likeness (QED) is 0.453. The lowest BCUT2D eigenvalue weighted by Crippen LogP contribution is -2.23. The van der Waals surface area contributed by atoms with E-state index < -0.39 is 6.16 Å². The van der Waals surface area contributed by atoms with Crippen LogP contribution in [-0.2, 0) is 9.47 Å². The van der Waals surface area contributed by atoms with Crippen molar-refractivity contribution in [1.82, 2.24) is 0 Å². The molecule has 0 heterocycles. The van der Waals surface area contributed by atoms with Gasteiger partial charge in [0.2, 0.25) is 0 Å². The Morgan fingerprint density at radius 1 is 1.43 bits per heavy atom. The molecule has 1 aliphatic rings. The number of ether oxygens (including phenoxy) is 2. The van der Waals surface area contributed by atoms with E-state index in [1.165, 1.54) is 19.3 Å². The molecule has 0 aliphatic heterocycles. The summed E-state index contributed by atoms with van der Waals surface area (Å²) in [6.07, 6.45) is 5.99. The van der Waals surface area contributed by atoms with Crippen molar-refractivity contribution in [1.29, 1.82) is 0 Å². The van der Waals surface area contributed by atoms with Gasteiger partial charge in [-0.25, -0.2) is 4.79 Å². The molecule has 82 valence electrons. The zero-order valence-electron chi connectivity index (χ0n) is 8.50. The lowest BCUT2D eigenvalue weighted by atomic mass is 9.98. The van der Waals surface area contributed by atoms with Crippen LogP contribution in [0.3, 0.4) is 0 Å². The van der Waals surface area contributed by atoms with Crippen molar-refractivity contribution in [2.75, 3.05) is 0 Å². The second-order valence-corrected chi connectivity index (χ2v) is 4.95. The van der Waals surface area contributed by atoms with E-state index in [1.807, 2.05) is 6.92 Å². The third kappa shape index (κ3) is 4.48. The van der Waals surface area contributed by atoms with Gasteiger partial charge in [0.25, 0.3) is 0 Å². The Hall–Kier alpha value is 0. The van der Waals surface area contributed by atoms with Crippen molar-refractivity contribution < 1.29 is 14.3 Å². The van der Waals surface area contributed by atoms with E-state index in [9.17, 15) is 4.79 Å². The minimum atomic E-state index is -0.502. The number of carbonyl (C=O) groups is 1. The first-order valence-corrected chi connectivity index (χ1v) is 6.48. The van der Waals surface area contributed by atoms with Crippen LogP contribution in [0.15, 0.2) is 0 Å². The summed E-state index contributed by atoms with van der Waals surface area (Å²) in [6, 6.07) is 0. The Morgan fingerprint density at radius 2 is 2.07 bits per heavy atom. The van der Waals surface area contributed by atoms with Gasteiger partial charge in [-0.1, -0.05) is 13.3 Å². The van der Waals surface area contributed by atoms with Gasteiger partial charge < -0.3 is 9.47 Å². The summed E-state index contributed by atoms with van der Waals surface area (Å²) in [5, 5.41) is 0. The van der Waals surface area contributed by atoms with Gasteiger partial charge in [0.15, 0.2) is 4.11 Å². The fraction of sp³-hybridized carbons (Fsp3) is 0.900. The first-order valence-electron chi connectivity index (χ1n) is 5.23. The van der Waals surface area contributed by atoms with Gasteiger partial charge in [0.1, 0.15) is 6.10 Å². The smallest absolute Gasteiger partial charge is 0.431 e. The largest absolute Gasteiger partial charge is 0.509 e. The Kier molecular flexibility index (Phi) is 5.59. The molecule has 14 heavy (non-hydrogen) atoms. The average molecular weight is 312 g/mol. The summed E-state index contributed by atoms with van der Waals surface area (Å²) in [4.78, 5) is 11.2. The van der Waals surface area contributed by atoms with Crippen LogP contribution in [0.4, 0.5) is 4.79 Å². The predicted octanol–water partition coefficient (Wildman–Crippen LogP) is 3.64. The van der Waals surface area contributed by atoms with Crippen LogP contribution >= 0.6 is 22.6 Å². The molecule has 1 saturated carbocycles. The summed E-state index contributed by atoms with van der Waals surface area (Å²) in [5.41, 5.74) is 0. The fourth-order valence-corrected chi connectivity index (χ4v) is 1.74. The van der Waals surface area contributed by atoms with Gasteiger partial charge in [0, 0.05) is 0 Å². The number of rotatable bonds is 3. The molecule has 0 bridgehead atoms. The first kappa shape index (κ1) is 12.1. The minimum absolute atomic E-state index is 0.0660. The monoisotopic (exact) mass is 312 g/mol. The molecule has 1 atom stereocenters. The molecule has 0 aromatic carbocycles. The number of carbonyl (C=O) groups excluding carboxylic acids is 1. The topological polar surface area (TPSA) is 35.5 Å². The normalized spacial score (nSPS) is 20.1. The second kappa shape index (κ2) is 6.48. The van der Waals surface area contributed by atoms with Crippen LogP contribution in [0, 0.1) is 0 Å². The van der Waals surface area contributed by atoms with Crippen LogP contribution in [0.1, 0.15) is 45.4 Å². The zero-order chi connectivity index (χ0) is 10.4. The highest BCUT2D eigenvalue weighted by Gasteiger charge is 2.19. The maximum Gasteiger partial charge on any atom is 0.509 e. The molecular weight excluding hydrogens is 295 g/mol. The second-order valence-electron chi connectivity index (χ2n) is 3.56. The van der Waals surface area contributed by atoms with E-state index in [4.69, 9.17) is 9.47 Å². The van der Waals surface area contributed by atoms with Crippen molar-refractivity contribution in [2.45, 2.75) is 55.7 Å². The zero-order valence-corrected chi connectivity index (χ0v) is 10.7. The molecule has 0 aromatic rings. The lowest BCUT2D eigenvalue weighted by Gasteiger charge is -2.21. The third-order valence-corrected chi connectivity index (χ3v) is 3.50. The molecule has 0 amide bonds. The van der Waals surface area contributed by atoms with E-state index in [1.54, 1.807) is 0 Å². The van der Waals surface area contributed by atoms with Crippen LogP contribution in [0.2, 0.25) is 0 Å². The van der Waals surface area contributed by atoms with Crippen LogP contribution in [0.25, 0.3) is 0 Å². The fourth-order valence-electron chi connectivity index (χ4n) is 1.53. The van der Waals surface area contributed by atoms with E-state index in [2.05, 4.69) is 22.6 Å². The average Bonchev–Trinajstić information content (AvgIpc) is 2.19. The van der Waals surface area contributed by atoms with Gasteiger partial charge in [-0.3, -0.25) is 0 Å². The molecule has 0 aromatic heterocycles. The van der Waals surface area contributed by atoms with Crippen LogP contribution in [0.5, 0.6) is 0 Å². The SMILES string of the molecule is CCC(I)OC(=O)OC1CCCCC1. The molecule has 3 nitrogen and oxygen atoms in total. The number of hydrogen-bond acceptors (Lipinski definition) is 3. The van der Waals surface area contributed by atoms with Crippen molar-refractivity contribution in [3.63, 3.8) is 0 Å². The van der Waals surface area contributed by atoms with Crippen molar-refractivity contribution in [3.05, 3.63) is 0 Å². The van der Waals surface area contributed by atoms with Crippen molar-refractivity contribution in [3.8, 4) is 0 Å². The Bertz CT molecular complexity index is 178. The van der Waals surface area contributed by atoms with Crippen LogP contribution < -0.4 is 0 Å². The highest BCUT2D eigenvalue weighted by molar-refractivity contribution is 14.1. The maximum atomic E-state index is 11.2. The summed E-state index contributed by atoms with van der Waals surface area (Å²) in [5.74, 6) is 0. The molecule has 0 N–H and O–H groups in total. The van der Waals surface area contributed by atoms with E-state index in [-0.39, 0.29) is 10.2 Å².